The van der Waals surface area contributed by atoms with Gasteiger partial charge in [0.2, 0.25) is 0 Å². The summed E-state index contributed by atoms with van der Waals surface area (Å²) < 4.78 is 0. The van der Waals surface area contributed by atoms with Gasteiger partial charge in [0.15, 0.2) is 0 Å². The van der Waals surface area contributed by atoms with Crippen molar-refractivity contribution in [2.24, 2.45) is 17.6 Å². The van der Waals surface area contributed by atoms with E-state index in [0.717, 1.165) is 18.3 Å². The number of nitrogens with zero attached hydrogens (tertiary/aromatic N) is 1. The molecule has 2 N–H and O–H groups in total. The van der Waals surface area contributed by atoms with Gasteiger partial charge in [-0.05, 0) is 66.6 Å². The third-order valence-corrected chi connectivity index (χ3v) is 5.37. The van der Waals surface area contributed by atoms with Crippen LogP contribution < -0.4 is 5.73 Å². The molecule has 2 unspecified atom stereocenters. The standard InChI is InChI=1S/C16H28N2S/c1-4-15(17)16(14-7-10-19-11-14)18-8-5-13(6-9-18)12(2)3/h7,10-13,15-16H,4-6,8-9,17H2,1-3H3. The predicted molar refractivity (Wildman–Crippen MR) is 84.5 cm³/mol. The molecular weight excluding hydrogens is 252 g/mol. The number of rotatable bonds is 5. The predicted octanol–water partition coefficient (Wildman–Crippen LogP) is 3.89. The summed E-state index contributed by atoms with van der Waals surface area (Å²) in [6.45, 7) is 9.32. The van der Waals surface area contributed by atoms with Crippen molar-refractivity contribution < 1.29 is 0 Å². The second-order valence-electron chi connectivity index (χ2n) is 6.19. The molecule has 0 bridgehead atoms. The van der Waals surface area contributed by atoms with E-state index >= 15 is 0 Å². The lowest BCUT2D eigenvalue weighted by molar-refractivity contribution is 0.0995. The Kier molecular flexibility index (Phi) is 5.43. The Morgan fingerprint density at radius 3 is 2.53 bits per heavy atom. The van der Waals surface area contributed by atoms with Gasteiger partial charge in [0.25, 0.3) is 0 Å². The van der Waals surface area contributed by atoms with Crippen LogP contribution in [0.1, 0.15) is 51.6 Å². The zero-order chi connectivity index (χ0) is 13.8. The number of piperidine rings is 1. The Labute approximate surface area is 122 Å². The molecule has 0 spiro atoms. The molecule has 1 aromatic heterocycles. The van der Waals surface area contributed by atoms with Crippen LogP contribution in [0.3, 0.4) is 0 Å². The third-order valence-electron chi connectivity index (χ3n) is 4.67. The molecule has 0 amide bonds. The molecule has 0 saturated carbocycles. The first kappa shape index (κ1) is 15.0. The molecule has 2 heterocycles. The van der Waals surface area contributed by atoms with Gasteiger partial charge in [-0.3, -0.25) is 4.90 Å². The first-order valence-corrected chi connectivity index (χ1v) is 8.59. The largest absolute Gasteiger partial charge is 0.326 e. The molecule has 108 valence electrons. The minimum absolute atomic E-state index is 0.255. The van der Waals surface area contributed by atoms with Crippen molar-refractivity contribution in [3.8, 4) is 0 Å². The minimum Gasteiger partial charge on any atom is -0.326 e. The van der Waals surface area contributed by atoms with E-state index in [0.29, 0.717) is 6.04 Å². The topological polar surface area (TPSA) is 29.3 Å². The molecule has 1 aromatic rings. The van der Waals surface area contributed by atoms with Crippen LogP contribution in [0.15, 0.2) is 16.8 Å². The second-order valence-corrected chi connectivity index (χ2v) is 6.97. The Morgan fingerprint density at radius 1 is 1.37 bits per heavy atom. The van der Waals surface area contributed by atoms with E-state index in [2.05, 4.69) is 42.5 Å². The van der Waals surface area contributed by atoms with Gasteiger partial charge < -0.3 is 5.73 Å². The van der Waals surface area contributed by atoms with E-state index in [4.69, 9.17) is 5.73 Å². The van der Waals surface area contributed by atoms with Gasteiger partial charge in [-0.1, -0.05) is 20.8 Å². The maximum Gasteiger partial charge on any atom is 0.0507 e. The highest BCUT2D eigenvalue weighted by Crippen LogP contribution is 2.32. The van der Waals surface area contributed by atoms with Crippen LogP contribution in [-0.2, 0) is 0 Å². The zero-order valence-electron chi connectivity index (χ0n) is 12.5. The molecular formula is C16H28N2S. The van der Waals surface area contributed by atoms with Crippen LogP contribution in [-0.4, -0.2) is 24.0 Å². The lowest BCUT2D eigenvalue weighted by atomic mass is 9.85. The fourth-order valence-corrected chi connectivity index (χ4v) is 3.95. The molecule has 0 radical (unpaired) electrons. The quantitative estimate of drug-likeness (QED) is 0.886. The highest BCUT2D eigenvalue weighted by atomic mass is 32.1. The molecule has 1 fully saturated rings. The number of likely N-dealkylation sites (tertiary alicyclic amines) is 1. The summed E-state index contributed by atoms with van der Waals surface area (Å²) in [6, 6.07) is 2.92. The average Bonchev–Trinajstić information content (AvgIpc) is 2.93. The Morgan fingerprint density at radius 2 is 2.05 bits per heavy atom. The van der Waals surface area contributed by atoms with Gasteiger partial charge in [-0.25, -0.2) is 0 Å². The summed E-state index contributed by atoms with van der Waals surface area (Å²) in [7, 11) is 0. The number of hydrogen-bond donors (Lipinski definition) is 1. The smallest absolute Gasteiger partial charge is 0.0507 e. The summed E-state index contributed by atoms with van der Waals surface area (Å²) in [4.78, 5) is 2.62. The van der Waals surface area contributed by atoms with Gasteiger partial charge in [0.05, 0.1) is 6.04 Å². The van der Waals surface area contributed by atoms with Crippen LogP contribution in [0.5, 0.6) is 0 Å². The average molecular weight is 280 g/mol. The molecule has 2 atom stereocenters. The van der Waals surface area contributed by atoms with Crippen LogP contribution in [0.25, 0.3) is 0 Å². The molecule has 19 heavy (non-hydrogen) atoms. The van der Waals surface area contributed by atoms with Crippen molar-refractivity contribution in [1.82, 2.24) is 4.90 Å². The van der Waals surface area contributed by atoms with Gasteiger partial charge in [0.1, 0.15) is 0 Å². The molecule has 2 nitrogen and oxygen atoms in total. The Bertz CT molecular complexity index is 353. The molecule has 0 aromatic carbocycles. The zero-order valence-corrected chi connectivity index (χ0v) is 13.3. The summed E-state index contributed by atoms with van der Waals surface area (Å²) in [5.74, 6) is 1.72. The fourth-order valence-electron chi connectivity index (χ4n) is 3.26. The highest BCUT2D eigenvalue weighted by molar-refractivity contribution is 7.07. The van der Waals surface area contributed by atoms with Crippen LogP contribution >= 0.6 is 11.3 Å². The van der Waals surface area contributed by atoms with Crippen LogP contribution in [0.4, 0.5) is 0 Å². The fraction of sp³-hybridized carbons (Fsp3) is 0.750. The minimum atomic E-state index is 0.255. The maximum atomic E-state index is 6.40. The summed E-state index contributed by atoms with van der Waals surface area (Å²) >= 11 is 1.78. The van der Waals surface area contributed by atoms with Crippen molar-refractivity contribution >= 4 is 11.3 Å². The molecule has 1 aliphatic heterocycles. The van der Waals surface area contributed by atoms with E-state index in [1.165, 1.54) is 31.5 Å². The van der Waals surface area contributed by atoms with Crippen LogP contribution in [0, 0.1) is 11.8 Å². The first-order chi connectivity index (χ1) is 9.13. The van der Waals surface area contributed by atoms with E-state index in [1.54, 1.807) is 11.3 Å². The second kappa shape index (κ2) is 6.87. The number of nitrogens with two attached hydrogens (primary N) is 1. The van der Waals surface area contributed by atoms with Crippen molar-refractivity contribution in [3.05, 3.63) is 22.4 Å². The lowest BCUT2D eigenvalue weighted by Gasteiger charge is -2.40. The summed E-state index contributed by atoms with van der Waals surface area (Å²) in [6.07, 6.45) is 3.70. The van der Waals surface area contributed by atoms with Crippen molar-refractivity contribution in [2.45, 2.75) is 52.1 Å². The lowest BCUT2D eigenvalue weighted by Crippen LogP contribution is -2.45. The Hall–Kier alpha value is -0.380. The van der Waals surface area contributed by atoms with E-state index in [1.807, 2.05) is 0 Å². The normalized spacial score (nSPS) is 21.7. The monoisotopic (exact) mass is 280 g/mol. The molecule has 0 aliphatic carbocycles. The molecule has 1 aliphatic rings. The van der Waals surface area contributed by atoms with Gasteiger partial charge in [0, 0.05) is 6.04 Å². The van der Waals surface area contributed by atoms with E-state index in [9.17, 15) is 0 Å². The third kappa shape index (κ3) is 3.59. The first-order valence-electron chi connectivity index (χ1n) is 7.65. The van der Waals surface area contributed by atoms with E-state index < -0.39 is 0 Å². The van der Waals surface area contributed by atoms with Gasteiger partial charge >= 0.3 is 0 Å². The number of thiophene rings is 1. The molecule has 1 saturated heterocycles. The SMILES string of the molecule is CCC(N)C(c1ccsc1)N1CCC(C(C)C)CC1. The molecule has 2 rings (SSSR count). The molecule has 3 heteroatoms. The number of hydrogen-bond acceptors (Lipinski definition) is 3. The Balaban J connectivity index is 2.05. The highest BCUT2D eigenvalue weighted by Gasteiger charge is 2.30. The van der Waals surface area contributed by atoms with Crippen molar-refractivity contribution in [1.29, 1.82) is 0 Å². The summed E-state index contributed by atoms with van der Waals surface area (Å²) in [5, 5.41) is 4.44. The van der Waals surface area contributed by atoms with Gasteiger partial charge in [-0.15, -0.1) is 0 Å². The van der Waals surface area contributed by atoms with E-state index in [-0.39, 0.29) is 6.04 Å². The van der Waals surface area contributed by atoms with Crippen LogP contribution in [0.2, 0.25) is 0 Å². The van der Waals surface area contributed by atoms with Crippen molar-refractivity contribution in [2.75, 3.05) is 13.1 Å². The maximum absolute atomic E-state index is 6.40. The van der Waals surface area contributed by atoms with Crippen molar-refractivity contribution in [3.63, 3.8) is 0 Å². The van der Waals surface area contributed by atoms with Gasteiger partial charge in [-0.2, -0.15) is 11.3 Å². The summed E-state index contributed by atoms with van der Waals surface area (Å²) in [5.41, 5.74) is 7.82.